The van der Waals surface area contributed by atoms with Crippen molar-refractivity contribution in [3.05, 3.63) is 40.5 Å². The molecule has 2 aromatic rings. The Bertz CT molecular complexity index is 596. The van der Waals surface area contributed by atoms with Gasteiger partial charge < -0.3 is 14.6 Å². The Morgan fingerprint density at radius 3 is 3.05 bits per heavy atom. The van der Waals surface area contributed by atoms with Crippen molar-refractivity contribution in [1.29, 1.82) is 0 Å². The summed E-state index contributed by atoms with van der Waals surface area (Å²) in [6.07, 6.45) is 2.28. The molecule has 0 saturated heterocycles. The van der Waals surface area contributed by atoms with Crippen molar-refractivity contribution in [1.82, 2.24) is 15.5 Å². The highest BCUT2D eigenvalue weighted by atomic mass is 35.5. The fraction of sp³-hybridized carbons (Fsp3) is 0.429. The molecule has 3 rings (SSSR count). The van der Waals surface area contributed by atoms with Crippen molar-refractivity contribution >= 4 is 11.6 Å². The molecule has 0 aliphatic heterocycles. The maximum atomic E-state index is 6.18. The van der Waals surface area contributed by atoms with Crippen molar-refractivity contribution in [2.45, 2.75) is 31.9 Å². The average molecular weight is 294 g/mol. The van der Waals surface area contributed by atoms with Crippen molar-refractivity contribution in [3.8, 4) is 5.75 Å². The van der Waals surface area contributed by atoms with E-state index in [0.717, 1.165) is 24.3 Å². The van der Waals surface area contributed by atoms with Crippen LogP contribution in [-0.2, 0) is 13.2 Å². The number of hydrogen-bond donors (Lipinski definition) is 1. The summed E-state index contributed by atoms with van der Waals surface area (Å²) in [6.45, 7) is 0.951. The molecule has 1 aromatic carbocycles. The van der Waals surface area contributed by atoms with Crippen LogP contribution in [0.1, 0.15) is 36.0 Å². The van der Waals surface area contributed by atoms with Crippen molar-refractivity contribution < 1.29 is 9.26 Å². The summed E-state index contributed by atoms with van der Waals surface area (Å²) >= 11 is 6.18. The summed E-state index contributed by atoms with van der Waals surface area (Å²) in [4.78, 5) is 4.33. The predicted octanol–water partition coefficient (Wildman–Crippen LogP) is 2.90. The van der Waals surface area contributed by atoms with Gasteiger partial charge in [0.25, 0.3) is 0 Å². The van der Waals surface area contributed by atoms with Gasteiger partial charge in [-0.25, -0.2) is 0 Å². The molecule has 106 valence electrons. The van der Waals surface area contributed by atoms with Crippen LogP contribution in [0.2, 0.25) is 5.02 Å². The summed E-state index contributed by atoms with van der Waals surface area (Å²) in [5.74, 6) is 2.40. The number of nitrogens with zero attached hydrogens (tertiary/aromatic N) is 2. The van der Waals surface area contributed by atoms with Gasteiger partial charge in [0.2, 0.25) is 11.7 Å². The molecule has 1 fully saturated rings. The molecule has 1 heterocycles. The van der Waals surface area contributed by atoms with Gasteiger partial charge in [-0.15, -0.1) is 0 Å². The molecular formula is C14H16ClN3O2. The van der Waals surface area contributed by atoms with Crippen LogP contribution in [0.15, 0.2) is 22.7 Å². The molecule has 1 aliphatic rings. The minimum absolute atomic E-state index is 0.261. The summed E-state index contributed by atoms with van der Waals surface area (Å²) < 4.78 is 11.0. The van der Waals surface area contributed by atoms with Crippen LogP contribution in [0.5, 0.6) is 5.75 Å². The Balaban J connectivity index is 1.70. The molecule has 1 aromatic heterocycles. The van der Waals surface area contributed by atoms with Crippen LogP contribution in [0, 0.1) is 0 Å². The molecule has 0 amide bonds. The molecule has 1 N–H and O–H groups in total. The Morgan fingerprint density at radius 1 is 1.45 bits per heavy atom. The SMILES string of the molecule is CNCc1cccc(Cl)c1OCc1noc(C2CC2)n1. The van der Waals surface area contributed by atoms with Gasteiger partial charge in [-0.05, 0) is 26.0 Å². The predicted molar refractivity (Wildman–Crippen MR) is 74.8 cm³/mol. The first-order valence-corrected chi connectivity index (χ1v) is 7.03. The molecule has 0 unspecified atom stereocenters. The highest BCUT2D eigenvalue weighted by Crippen LogP contribution is 2.39. The number of para-hydroxylation sites is 1. The van der Waals surface area contributed by atoms with Gasteiger partial charge >= 0.3 is 0 Å². The van der Waals surface area contributed by atoms with Crippen LogP contribution >= 0.6 is 11.6 Å². The van der Waals surface area contributed by atoms with Gasteiger partial charge in [-0.1, -0.05) is 28.9 Å². The minimum atomic E-state index is 0.261. The fourth-order valence-electron chi connectivity index (χ4n) is 2.00. The zero-order valence-electron chi connectivity index (χ0n) is 11.2. The van der Waals surface area contributed by atoms with Gasteiger partial charge in [-0.2, -0.15) is 4.98 Å². The van der Waals surface area contributed by atoms with E-state index in [9.17, 15) is 0 Å². The van der Waals surface area contributed by atoms with E-state index in [0.29, 0.717) is 29.1 Å². The third kappa shape index (κ3) is 2.94. The molecule has 0 spiro atoms. The van der Waals surface area contributed by atoms with Crippen LogP contribution in [0.3, 0.4) is 0 Å². The molecule has 1 aliphatic carbocycles. The molecule has 5 nitrogen and oxygen atoms in total. The quantitative estimate of drug-likeness (QED) is 0.887. The molecule has 0 radical (unpaired) electrons. The number of aromatic nitrogens is 2. The molecular weight excluding hydrogens is 278 g/mol. The summed E-state index contributed by atoms with van der Waals surface area (Å²) in [5.41, 5.74) is 1.01. The molecule has 6 heteroatoms. The van der Waals surface area contributed by atoms with Gasteiger partial charge in [0.15, 0.2) is 6.61 Å². The normalized spacial score (nSPS) is 14.5. The van der Waals surface area contributed by atoms with Crippen molar-refractivity contribution in [2.75, 3.05) is 7.05 Å². The van der Waals surface area contributed by atoms with Crippen molar-refractivity contribution in [2.24, 2.45) is 0 Å². The third-order valence-electron chi connectivity index (χ3n) is 3.17. The summed E-state index contributed by atoms with van der Waals surface area (Å²) in [5, 5.41) is 7.60. The second-order valence-corrected chi connectivity index (χ2v) is 5.28. The molecule has 20 heavy (non-hydrogen) atoms. The lowest BCUT2D eigenvalue weighted by Crippen LogP contribution is -2.08. The van der Waals surface area contributed by atoms with Gasteiger partial charge in [-0.3, -0.25) is 0 Å². The van der Waals surface area contributed by atoms with Gasteiger partial charge in [0, 0.05) is 18.0 Å². The van der Waals surface area contributed by atoms with E-state index in [1.807, 2.05) is 25.2 Å². The van der Waals surface area contributed by atoms with Gasteiger partial charge in [0.05, 0.1) is 5.02 Å². The van der Waals surface area contributed by atoms with Crippen LogP contribution in [-0.4, -0.2) is 17.2 Å². The van der Waals surface area contributed by atoms with Crippen LogP contribution in [0.25, 0.3) is 0 Å². The van der Waals surface area contributed by atoms with Crippen molar-refractivity contribution in [3.63, 3.8) is 0 Å². The Labute approximate surface area is 122 Å². The first kappa shape index (κ1) is 13.4. The van der Waals surface area contributed by atoms with E-state index in [-0.39, 0.29) is 6.61 Å². The first-order valence-electron chi connectivity index (χ1n) is 6.65. The fourth-order valence-corrected chi connectivity index (χ4v) is 2.25. The van der Waals surface area contributed by atoms with E-state index in [1.165, 1.54) is 0 Å². The zero-order chi connectivity index (χ0) is 13.9. The smallest absolute Gasteiger partial charge is 0.229 e. The standard InChI is InChI=1S/C14H16ClN3O2/c1-16-7-10-3-2-4-11(15)13(10)19-8-12-17-14(20-18-12)9-5-6-9/h2-4,9,16H,5-8H2,1H3. The van der Waals surface area contributed by atoms with E-state index >= 15 is 0 Å². The highest BCUT2D eigenvalue weighted by Gasteiger charge is 2.29. The number of nitrogens with one attached hydrogen (secondary N) is 1. The average Bonchev–Trinajstić information content (AvgIpc) is 3.18. The summed E-state index contributed by atoms with van der Waals surface area (Å²) in [6, 6.07) is 5.69. The monoisotopic (exact) mass is 293 g/mol. The molecule has 0 bridgehead atoms. The second kappa shape index (κ2) is 5.81. The third-order valence-corrected chi connectivity index (χ3v) is 3.47. The number of hydrogen-bond acceptors (Lipinski definition) is 5. The summed E-state index contributed by atoms with van der Waals surface area (Å²) in [7, 11) is 1.88. The minimum Gasteiger partial charge on any atom is -0.484 e. The van der Waals surface area contributed by atoms with Crippen LogP contribution in [0.4, 0.5) is 0 Å². The molecule has 1 saturated carbocycles. The Kier molecular flexibility index (Phi) is 3.89. The van der Waals surface area contributed by atoms with E-state index in [1.54, 1.807) is 0 Å². The topological polar surface area (TPSA) is 60.2 Å². The largest absolute Gasteiger partial charge is 0.484 e. The zero-order valence-corrected chi connectivity index (χ0v) is 12.0. The number of ether oxygens (including phenoxy) is 1. The lowest BCUT2D eigenvalue weighted by Gasteiger charge is -2.11. The maximum Gasteiger partial charge on any atom is 0.229 e. The lowest BCUT2D eigenvalue weighted by molar-refractivity contribution is 0.282. The van der Waals surface area contributed by atoms with E-state index in [4.69, 9.17) is 20.9 Å². The Hall–Kier alpha value is -1.59. The first-order chi connectivity index (χ1) is 9.78. The number of halogens is 1. The van der Waals surface area contributed by atoms with E-state index in [2.05, 4.69) is 15.5 Å². The van der Waals surface area contributed by atoms with Gasteiger partial charge in [0.1, 0.15) is 5.75 Å². The maximum absolute atomic E-state index is 6.18. The highest BCUT2D eigenvalue weighted by molar-refractivity contribution is 6.32. The second-order valence-electron chi connectivity index (χ2n) is 4.87. The van der Waals surface area contributed by atoms with E-state index < -0.39 is 0 Å². The lowest BCUT2D eigenvalue weighted by atomic mass is 10.2. The number of rotatable bonds is 6. The number of benzene rings is 1. The van der Waals surface area contributed by atoms with Crippen LogP contribution < -0.4 is 10.1 Å². The Morgan fingerprint density at radius 2 is 2.30 bits per heavy atom. The molecule has 0 atom stereocenters.